The van der Waals surface area contributed by atoms with E-state index in [0.717, 1.165) is 60.6 Å². The zero-order valence-corrected chi connectivity index (χ0v) is 65.4. The molecule has 0 aliphatic carbocycles. The van der Waals surface area contributed by atoms with Gasteiger partial charge in [-0.1, -0.05) is 31.9 Å². The van der Waals surface area contributed by atoms with Gasteiger partial charge in [0.15, 0.2) is 35.0 Å². The van der Waals surface area contributed by atoms with E-state index in [4.69, 9.17) is 28.7 Å². The molecule has 1 saturated heterocycles. The zero-order chi connectivity index (χ0) is 75.0. The molecule has 1 aliphatic rings. The Labute approximate surface area is 629 Å². The van der Waals surface area contributed by atoms with Crippen LogP contribution in [0.5, 0.6) is 0 Å². The second-order valence-corrected chi connectivity index (χ2v) is 32.5. The number of alkyl halides is 2. The summed E-state index contributed by atoms with van der Waals surface area (Å²) in [6.07, 6.45) is 9.29. The molecule has 0 bridgehead atoms. The predicted molar refractivity (Wildman–Crippen MR) is 418 cm³/mol. The number of nitrogens with two attached hydrogens (primary N) is 1. The van der Waals surface area contributed by atoms with Crippen LogP contribution in [-0.2, 0) is 24.4 Å². The van der Waals surface area contributed by atoms with E-state index < -0.39 is 28.5 Å². The van der Waals surface area contributed by atoms with Crippen LogP contribution in [0.3, 0.4) is 0 Å². The van der Waals surface area contributed by atoms with Crippen molar-refractivity contribution in [3.05, 3.63) is 142 Å². The van der Waals surface area contributed by atoms with Crippen LogP contribution >= 0.6 is 65.9 Å². The van der Waals surface area contributed by atoms with E-state index in [2.05, 4.69) is 95.1 Å². The van der Waals surface area contributed by atoms with Gasteiger partial charge in [0.2, 0.25) is 17.8 Å². The van der Waals surface area contributed by atoms with E-state index in [9.17, 15) is 34.5 Å². The number of nitrogen functional groups attached to an aromatic ring is 1. The summed E-state index contributed by atoms with van der Waals surface area (Å²) in [5.74, 6) is 3.70. The zero-order valence-electron chi connectivity index (χ0n) is 59.8. The lowest BCUT2D eigenvalue weighted by Crippen LogP contribution is -2.27. The van der Waals surface area contributed by atoms with Crippen LogP contribution in [0.1, 0.15) is 135 Å². The molecule has 10 heterocycles. The Balaban J connectivity index is 0.000000162. The summed E-state index contributed by atoms with van der Waals surface area (Å²) in [5.41, 5.74) is 8.72. The van der Waals surface area contributed by atoms with E-state index in [1.54, 1.807) is 165 Å². The number of hydrogen-bond acceptors (Lipinski definition) is 22. The molecular formula is C73H85Br2N15O11S3. The van der Waals surface area contributed by atoms with Crippen molar-refractivity contribution in [2.45, 2.75) is 151 Å². The summed E-state index contributed by atoms with van der Waals surface area (Å²) in [4.78, 5) is 83.6. The average Bonchev–Trinajstić information content (AvgIpc) is 1.64. The number of ether oxygens (including phenoxy) is 1. The minimum Gasteiger partial charge on any atom is -0.444 e. The van der Waals surface area contributed by atoms with Crippen LogP contribution in [0.15, 0.2) is 123 Å². The highest BCUT2D eigenvalue weighted by Crippen LogP contribution is 2.36. The number of carbonyl (C=O) groups excluding carboxylic acids is 4. The van der Waals surface area contributed by atoms with Gasteiger partial charge in [-0.05, 0) is 179 Å². The Hall–Kier alpha value is -9.08. The number of unbranched alkanes of at least 4 members (excludes halogenated alkanes) is 1. The fourth-order valence-electron chi connectivity index (χ4n) is 10.9. The van der Waals surface area contributed by atoms with Crippen LogP contribution in [0, 0.1) is 20.8 Å². The lowest BCUT2D eigenvalue weighted by atomic mass is 10.1. The Morgan fingerprint density at radius 1 is 0.510 bits per heavy atom. The first kappa shape index (κ1) is 77.5. The second-order valence-electron chi connectivity index (χ2n) is 27.6. The van der Waals surface area contributed by atoms with E-state index in [0.29, 0.717) is 96.0 Å². The monoisotopic (exact) mass is 1600 g/mol. The quantitative estimate of drug-likeness (QED) is 0.0200. The van der Waals surface area contributed by atoms with Gasteiger partial charge in [-0.3, -0.25) is 35.7 Å². The minimum absolute atomic E-state index is 0.186. The highest BCUT2D eigenvalue weighted by molar-refractivity contribution is 9.09. The molecule has 104 heavy (non-hydrogen) atoms. The number of imidazole rings is 3. The maximum absolute atomic E-state index is 13.1. The maximum Gasteiger partial charge on any atom is 0.412 e. The lowest BCUT2D eigenvalue weighted by Gasteiger charge is -2.20. The molecule has 13 rings (SSSR count). The second kappa shape index (κ2) is 32.9. The Bertz CT molecular complexity index is 4980. The maximum atomic E-state index is 13.1. The SMILES string of the molecule is BrCCCCBr.Cc1ncc(-c2ccc(C(=O)Nc3nc4cc(N)ccc4n3CC(C)(C)O)s2)o1.Cc1ncc(-c2ccc(C(=O)Nc3nc4cc(N5CCCC5)ccc4n3CC(C)(C)O)s2)o1.Cc1ncc(-c2ccc(C(=O)Nc3nc4cc(NC(=O)OC(C)(C)C)ccc4n3CC(C)(C)O)s2)o1. The van der Waals surface area contributed by atoms with Crippen LogP contribution in [0.25, 0.3) is 65.0 Å². The van der Waals surface area contributed by atoms with Crippen molar-refractivity contribution in [1.29, 1.82) is 0 Å². The number of carbonyl (C=O) groups is 4. The number of rotatable bonds is 20. The number of anilines is 6. The van der Waals surface area contributed by atoms with Crippen molar-refractivity contribution in [3.8, 4) is 31.9 Å². The largest absolute Gasteiger partial charge is 0.444 e. The highest BCUT2D eigenvalue weighted by Gasteiger charge is 2.27. The lowest BCUT2D eigenvalue weighted by molar-refractivity contribution is 0.0625. The van der Waals surface area contributed by atoms with Gasteiger partial charge < -0.3 is 57.6 Å². The first-order valence-corrected chi connectivity index (χ1v) is 38.2. The normalized spacial score (nSPS) is 12.6. The van der Waals surface area contributed by atoms with Gasteiger partial charge in [0.25, 0.3) is 17.7 Å². The van der Waals surface area contributed by atoms with E-state index in [1.807, 2.05) is 28.8 Å². The molecule has 1 fully saturated rings. The number of aliphatic hydroxyl groups is 3. The highest BCUT2D eigenvalue weighted by atomic mass is 79.9. The number of aryl methyl sites for hydroxylation is 3. The van der Waals surface area contributed by atoms with Gasteiger partial charge in [0, 0.05) is 61.6 Å². The molecule has 4 amide bonds. The molecular weight excluding hydrogens is 1520 g/mol. The molecule has 9 aromatic heterocycles. The number of aromatic nitrogens is 9. The summed E-state index contributed by atoms with van der Waals surface area (Å²) < 4.78 is 27.3. The number of fused-ring (bicyclic) bond motifs is 3. The van der Waals surface area contributed by atoms with Gasteiger partial charge in [-0.15, -0.1) is 34.0 Å². The van der Waals surface area contributed by atoms with E-state index in [-0.39, 0.29) is 36.8 Å². The number of hydrogen-bond donors (Lipinski definition) is 8. The van der Waals surface area contributed by atoms with Crippen LogP contribution in [0.4, 0.5) is 39.7 Å². The van der Waals surface area contributed by atoms with Crippen molar-refractivity contribution in [2.75, 3.05) is 55.7 Å². The Morgan fingerprint density at radius 2 is 0.875 bits per heavy atom. The summed E-state index contributed by atoms with van der Waals surface area (Å²) in [6.45, 7) is 23.7. The molecule has 0 saturated carbocycles. The smallest absolute Gasteiger partial charge is 0.412 e. The number of oxazole rings is 3. The van der Waals surface area contributed by atoms with E-state index >= 15 is 0 Å². The Morgan fingerprint density at radius 3 is 1.23 bits per heavy atom. The number of halogens is 2. The summed E-state index contributed by atoms with van der Waals surface area (Å²) in [5, 5.41) is 44.9. The topological polar surface area (TPSA) is 347 Å². The molecule has 3 aromatic carbocycles. The summed E-state index contributed by atoms with van der Waals surface area (Å²) in [6, 6.07) is 27.3. The van der Waals surface area contributed by atoms with Gasteiger partial charge in [0.05, 0.1) is 117 Å². The van der Waals surface area contributed by atoms with E-state index in [1.165, 1.54) is 59.7 Å². The van der Waals surface area contributed by atoms with Gasteiger partial charge in [-0.2, -0.15) is 0 Å². The minimum atomic E-state index is -1.07. The third-order valence-corrected chi connectivity index (χ3v) is 19.7. The number of thiophene rings is 3. The van der Waals surface area contributed by atoms with Gasteiger partial charge in [0.1, 0.15) is 5.60 Å². The van der Waals surface area contributed by atoms with Crippen LogP contribution in [0.2, 0.25) is 0 Å². The van der Waals surface area contributed by atoms with Gasteiger partial charge >= 0.3 is 6.09 Å². The molecule has 0 radical (unpaired) electrons. The predicted octanol–water partition coefficient (Wildman–Crippen LogP) is 16.3. The molecule has 12 aromatic rings. The Kier molecular flexibility index (Phi) is 24.6. The third-order valence-electron chi connectivity index (χ3n) is 15.3. The fraction of sp³-hybridized carbons (Fsp3) is 0.370. The van der Waals surface area contributed by atoms with Crippen molar-refractivity contribution in [1.82, 2.24) is 43.6 Å². The summed E-state index contributed by atoms with van der Waals surface area (Å²) >= 11 is 10.6. The molecule has 550 valence electrons. The number of benzene rings is 3. The molecule has 0 unspecified atom stereocenters. The van der Waals surface area contributed by atoms with Crippen LogP contribution in [-0.4, -0.2) is 129 Å². The fourth-order valence-corrected chi connectivity index (χ4v) is 14.2. The number of nitrogens with zero attached hydrogens (tertiary/aromatic N) is 10. The summed E-state index contributed by atoms with van der Waals surface area (Å²) in [7, 11) is 0. The number of amides is 4. The van der Waals surface area contributed by atoms with Crippen molar-refractivity contribution in [2.24, 2.45) is 0 Å². The molecule has 9 N–H and O–H groups in total. The molecule has 31 heteroatoms. The third kappa shape index (κ3) is 20.9. The van der Waals surface area contributed by atoms with Gasteiger partial charge in [-0.25, -0.2) is 34.7 Å². The standard InChI is InChI=1S/C25H29N5O5S.C24H27N5O3S.C20H21N5O3S.C4H8Br2/c1-14-26-12-18(34-14)19-9-10-20(36-19)21(31)29-22-28-16-11-15(27-23(32)35-24(2,3)4)7-8-17(16)30(22)13-25(5,6)33;1-15-25-13-19(32-15)20-8-9-21(33-20)22(30)27-23-26-17-12-16(28-10-4-5-11-28)6-7-18(17)29(23)14-24(2,3)31;1-11-22-9-15(28-11)16-6-7-17(29-16)18(26)24-19-23-13-8-12(21)4-5-14(13)25(19)10-20(2,3)27;5-3-1-2-4-6/h7-12,33H,13H2,1-6H3,(H,27,32)(H,28,29,31);6-9,12-13,31H,4-5,10-11,14H2,1-3H3,(H,26,27,30);4-9,27H,10,21H2,1-3H3,(H,23,24,26);1-4H2. The number of nitrogens with one attached hydrogen (secondary N) is 4. The molecule has 1 aliphatic heterocycles. The molecule has 0 spiro atoms. The van der Waals surface area contributed by atoms with Crippen molar-refractivity contribution >= 4 is 158 Å². The van der Waals surface area contributed by atoms with Crippen molar-refractivity contribution < 1.29 is 52.5 Å². The first-order chi connectivity index (χ1) is 49.1. The first-order valence-electron chi connectivity index (χ1n) is 33.5. The van der Waals surface area contributed by atoms with Crippen molar-refractivity contribution in [3.63, 3.8) is 0 Å². The van der Waals surface area contributed by atoms with Crippen LogP contribution < -0.4 is 31.9 Å². The molecule has 26 nitrogen and oxygen atoms in total. The average molecular weight is 1600 g/mol. The molecule has 0 atom stereocenters.